The predicted octanol–water partition coefficient (Wildman–Crippen LogP) is 4.85. The molecule has 128 valence electrons. The molecule has 4 nitrogen and oxygen atoms in total. The van der Waals surface area contributed by atoms with Gasteiger partial charge in [0.2, 0.25) is 0 Å². The van der Waals surface area contributed by atoms with Gasteiger partial charge in [0, 0.05) is 24.0 Å². The van der Waals surface area contributed by atoms with Crippen molar-refractivity contribution in [2.45, 2.75) is 6.92 Å². The van der Waals surface area contributed by atoms with Crippen LogP contribution in [-0.2, 0) is 0 Å². The maximum Gasteiger partial charge on any atom is 0.142 e. The van der Waals surface area contributed by atoms with Gasteiger partial charge in [-0.15, -0.1) is 24.5 Å². The second-order valence-corrected chi connectivity index (χ2v) is 6.49. The van der Waals surface area contributed by atoms with Crippen LogP contribution in [0.5, 0.6) is 5.75 Å². The molecule has 0 saturated carbocycles. The minimum Gasteiger partial charge on any atom is -0.497 e. The third kappa shape index (κ3) is 3.42. The molecule has 1 aromatic carbocycles. The molecule has 0 bridgehead atoms. The van der Waals surface area contributed by atoms with Gasteiger partial charge in [0.15, 0.2) is 0 Å². The zero-order valence-corrected chi connectivity index (χ0v) is 15.3. The fourth-order valence-electron chi connectivity index (χ4n) is 2.80. The van der Waals surface area contributed by atoms with E-state index in [1.54, 1.807) is 18.4 Å². The summed E-state index contributed by atoms with van der Waals surface area (Å²) in [6, 6.07) is 8.07. The van der Waals surface area contributed by atoms with Gasteiger partial charge in [0.25, 0.3) is 0 Å². The zero-order chi connectivity index (χ0) is 17.8. The Kier molecular flexibility index (Phi) is 5.14. The Bertz CT molecular complexity index is 889. The molecule has 0 aliphatic rings. The van der Waals surface area contributed by atoms with Gasteiger partial charge in [-0.05, 0) is 24.6 Å². The van der Waals surface area contributed by atoms with Crippen molar-refractivity contribution in [1.29, 1.82) is 0 Å². The lowest BCUT2D eigenvalue weighted by molar-refractivity contribution is 0.415. The average Bonchev–Trinajstić information content (AvgIpc) is 3.04. The number of hydrogen-bond donors (Lipinski definition) is 0. The monoisotopic (exact) mass is 351 g/mol. The third-order valence-corrected chi connectivity index (χ3v) is 4.80. The number of benzene rings is 1. The van der Waals surface area contributed by atoms with Crippen LogP contribution in [0.2, 0.25) is 0 Å². The molecule has 2 aromatic heterocycles. The minimum atomic E-state index is 0.704. The molecule has 0 unspecified atom stereocenters. The van der Waals surface area contributed by atoms with Crippen molar-refractivity contribution in [3.63, 3.8) is 0 Å². The van der Waals surface area contributed by atoms with Crippen LogP contribution in [-0.4, -0.2) is 30.2 Å². The molecule has 0 aliphatic heterocycles. The number of hydrogen-bond acceptors (Lipinski definition) is 5. The third-order valence-electron chi connectivity index (χ3n) is 3.93. The Morgan fingerprint density at radius 1 is 1.12 bits per heavy atom. The summed E-state index contributed by atoms with van der Waals surface area (Å²) in [6.07, 6.45) is 3.76. The van der Waals surface area contributed by atoms with Crippen LogP contribution in [0.25, 0.3) is 21.3 Å². The van der Waals surface area contributed by atoms with Crippen LogP contribution in [0.15, 0.2) is 55.0 Å². The van der Waals surface area contributed by atoms with E-state index in [1.165, 1.54) is 0 Å². The second-order valence-electron chi connectivity index (χ2n) is 5.63. The number of rotatable bonds is 7. The molecule has 0 radical (unpaired) electrons. The molecule has 0 fully saturated rings. The van der Waals surface area contributed by atoms with Gasteiger partial charge < -0.3 is 9.64 Å². The quantitative estimate of drug-likeness (QED) is 0.570. The number of anilines is 1. The highest BCUT2D eigenvalue weighted by Gasteiger charge is 2.18. The number of methoxy groups -OCH3 is 1. The van der Waals surface area contributed by atoms with Gasteiger partial charge in [0.05, 0.1) is 12.5 Å². The number of fused-ring (bicyclic) bond motifs is 1. The lowest BCUT2D eigenvalue weighted by Crippen LogP contribution is -2.24. The maximum atomic E-state index is 5.26. The van der Waals surface area contributed by atoms with Crippen LogP contribution in [0.3, 0.4) is 0 Å². The zero-order valence-electron chi connectivity index (χ0n) is 14.5. The summed E-state index contributed by atoms with van der Waals surface area (Å²) in [5.41, 5.74) is 2.26. The Morgan fingerprint density at radius 2 is 1.80 bits per heavy atom. The number of aromatic nitrogens is 2. The Balaban J connectivity index is 2.20. The summed E-state index contributed by atoms with van der Waals surface area (Å²) < 4.78 is 5.26. The van der Waals surface area contributed by atoms with Crippen molar-refractivity contribution in [3.05, 3.63) is 60.8 Å². The fourth-order valence-corrected chi connectivity index (χ4v) is 3.79. The van der Waals surface area contributed by atoms with Crippen molar-refractivity contribution >= 4 is 27.4 Å². The van der Waals surface area contributed by atoms with Gasteiger partial charge in [-0.1, -0.05) is 24.3 Å². The Hall–Kier alpha value is -2.66. The highest BCUT2D eigenvalue weighted by atomic mass is 32.1. The average molecular weight is 351 g/mol. The highest BCUT2D eigenvalue weighted by molar-refractivity contribution is 7.17. The first-order valence-electron chi connectivity index (χ1n) is 8.05. The predicted molar refractivity (Wildman–Crippen MR) is 107 cm³/mol. The molecule has 0 atom stereocenters. The van der Waals surface area contributed by atoms with Crippen molar-refractivity contribution < 1.29 is 4.74 Å². The minimum absolute atomic E-state index is 0.704. The van der Waals surface area contributed by atoms with E-state index in [4.69, 9.17) is 9.72 Å². The molecule has 3 aromatic rings. The van der Waals surface area contributed by atoms with E-state index >= 15 is 0 Å². The van der Waals surface area contributed by atoms with E-state index in [0.29, 0.717) is 13.1 Å². The SMILES string of the molecule is C=CCN(CC=C)c1nc(C)nc2scc(-c3ccc(OC)cc3)c12. The van der Waals surface area contributed by atoms with Gasteiger partial charge in [-0.25, -0.2) is 9.97 Å². The van der Waals surface area contributed by atoms with Crippen molar-refractivity contribution in [1.82, 2.24) is 9.97 Å². The van der Waals surface area contributed by atoms with Crippen LogP contribution < -0.4 is 9.64 Å². The molecule has 2 heterocycles. The Morgan fingerprint density at radius 3 is 2.40 bits per heavy atom. The van der Waals surface area contributed by atoms with Crippen LogP contribution in [0, 0.1) is 6.92 Å². The molecule has 0 saturated heterocycles. The van der Waals surface area contributed by atoms with Crippen molar-refractivity contribution in [3.8, 4) is 16.9 Å². The van der Waals surface area contributed by atoms with E-state index in [-0.39, 0.29) is 0 Å². The topological polar surface area (TPSA) is 38.2 Å². The summed E-state index contributed by atoms with van der Waals surface area (Å²) in [6.45, 7) is 11.1. The van der Waals surface area contributed by atoms with E-state index < -0.39 is 0 Å². The van der Waals surface area contributed by atoms with Crippen LogP contribution in [0.1, 0.15) is 5.82 Å². The molecule has 0 N–H and O–H groups in total. The molecule has 0 spiro atoms. The van der Waals surface area contributed by atoms with E-state index in [1.807, 2.05) is 31.2 Å². The van der Waals surface area contributed by atoms with Gasteiger partial charge in [0.1, 0.15) is 22.2 Å². The first kappa shape index (κ1) is 17.2. The number of ether oxygens (including phenoxy) is 1. The standard InChI is InChI=1S/C20H21N3OS/c1-5-11-23(12-6-2)19-18-17(13-25-20(18)22-14(3)21-19)15-7-9-16(24-4)10-8-15/h5-10,13H,1-2,11-12H2,3-4H3. The van der Waals surface area contributed by atoms with Crippen LogP contribution >= 0.6 is 11.3 Å². The second kappa shape index (κ2) is 7.49. The smallest absolute Gasteiger partial charge is 0.142 e. The first-order valence-corrected chi connectivity index (χ1v) is 8.93. The van der Waals surface area contributed by atoms with Crippen LogP contribution in [0.4, 0.5) is 5.82 Å². The Labute approximate surface area is 152 Å². The van der Waals surface area contributed by atoms with Gasteiger partial charge in [-0.2, -0.15) is 0 Å². The van der Waals surface area contributed by atoms with Gasteiger partial charge in [-0.3, -0.25) is 0 Å². The molecule has 25 heavy (non-hydrogen) atoms. The lowest BCUT2D eigenvalue weighted by atomic mass is 10.1. The summed E-state index contributed by atoms with van der Waals surface area (Å²) in [5.74, 6) is 2.54. The summed E-state index contributed by atoms with van der Waals surface area (Å²) in [4.78, 5) is 12.5. The molecule has 0 aliphatic carbocycles. The van der Waals surface area contributed by atoms with Gasteiger partial charge >= 0.3 is 0 Å². The maximum absolute atomic E-state index is 5.26. The van der Waals surface area contributed by atoms with Crippen molar-refractivity contribution in [2.24, 2.45) is 0 Å². The summed E-state index contributed by atoms with van der Waals surface area (Å²) in [7, 11) is 1.67. The molecular formula is C20H21N3OS. The van der Waals surface area contributed by atoms with E-state index in [9.17, 15) is 0 Å². The normalized spacial score (nSPS) is 10.6. The summed E-state index contributed by atoms with van der Waals surface area (Å²) >= 11 is 1.64. The molecular weight excluding hydrogens is 330 g/mol. The molecule has 0 amide bonds. The number of nitrogens with zero attached hydrogens (tertiary/aromatic N) is 3. The van der Waals surface area contributed by atoms with Crippen molar-refractivity contribution in [2.75, 3.05) is 25.1 Å². The van der Waals surface area contributed by atoms with E-state index in [0.717, 1.165) is 38.7 Å². The molecule has 3 rings (SSSR count). The molecule has 5 heteroatoms. The number of aryl methyl sites for hydroxylation is 1. The van der Waals surface area contributed by atoms with E-state index in [2.05, 4.69) is 40.6 Å². The number of thiophene rings is 1. The largest absolute Gasteiger partial charge is 0.497 e. The first-order chi connectivity index (χ1) is 12.2. The fraction of sp³-hybridized carbons (Fsp3) is 0.200. The lowest BCUT2D eigenvalue weighted by Gasteiger charge is -2.22. The highest BCUT2D eigenvalue weighted by Crippen LogP contribution is 2.38. The summed E-state index contributed by atoms with van der Waals surface area (Å²) in [5, 5.41) is 3.22.